The number of ketones is 1. The summed E-state index contributed by atoms with van der Waals surface area (Å²) in [6.07, 6.45) is 3.02. The van der Waals surface area contributed by atoms with E-state index in [0.29, 0.717) is 23.7 Å². The fraction of sp³-hybridized carbons (Fsp3) is 0.357. The van der Waals surface area contributed by atoms with E-state index in [4.69, 9.17) is 18.9 Å². The van der Waals surface area contributed by atoms with Gasteiger partial charge in [0.15, 0.2) is 5.78 Å². The van der Waals surface area contributed by atoms with Crippen molar-refractivity contribution in [3.63, 3.8) is 0 Å². The molecule has 1 fully saturated rings. The van der Waals surface area contributed by atoms with Gasteiger partial charge in [-0.05, 0) is 24.3 Å². The number of carbonyl (C=O) groups excluding carboxylic acids is 1. The molecule has 0 aromatic heterocycles. The summed E-state index contributed by atoms with van der Waals surface area (Å²) >= 11 is 0. The van der Waals surface area contributed by atoms with E-state index in [-0.39, 0.29) is 18.7 Å². The number of carbonyl (C=O) groups is 1. The molecular formula is C14H16O5. The molecule has 19 heavy (non-hydrogen) atoms. The number of ether oxygens (including phenoxy) is 4. The molecule has 102 valence electrons. The summed E-state index contributed by atoms with van der Waals surface area (Å²) < 4.78 is 20.5. The number of hydrogen-bond donors (Lipinski definition) is 0. The highest BCUT2D eigenvalue weighted by Crippen LogP contribution is 2.23. The van der Waals surface area contributed by atoms with Crippen LogP contribution in [0, 0.1) is 0 Å². The quantitative estimate of drug-likeness (QED) is 0.599. The lowest BCUT2D eigenvalue weighted by Crippen LogP contribution is -2.06. The van der Waals surface area contributed by atoms with Crippen LogP contribution in [0.3, 0.4) is 0 Å². The molecule has 5 nitrogen and oxygen atoms in total. The monoisotopic (exact) mass is 264 g/mol. The number of allylic oxidation sites excluding steroid dienone is 1. The molecule has 1 atom stereocenters. The molecule has 0 saturated carbocycles. The van der Waals surface area contributed by atoms with Crippen LogP contribution in [0.2, 0.25) is 0 Å². The summed E-state index contributed by atoms with van der Waals surface area (Å²) in [5, 5.41) is 0. The zero-order chi connectivity index (χ0) is 13.7. The van der Waals surface area contributed by atoms with Gasteiger partial charge in [0, 0.05) is 11.6 Å². The second-order valence-corrected chi connectivity index (χ2v) is 4.02. The molecule has 5 heteroatoms. The van der Waals surface area contributed by atoms with Crippen molar-refractivity contribution in [2.75, 3.05) is 27.6 Å². The third kappa shape index (κ3) is 3.56. The van der Waals surface area contributed by atoms with Gasteiger partial charge in [0.05, 0.1) is 20.8 Å². The number of hydrogen-bond acceptors (Lipinski definition) is 5. The van der Waals surface area contributed by atoms with Gasteiger partial charge in [0.1, 0.15) is 24.4 Å². The third-order valence-corrected chi connectivity index (χ3v) is 2.75. The molecular weight excluding hydrogens is 248 g/mol. The molecule has 1 unspecified atom stereocenters. The van der Waals surface area contributed by atoms with E-state index in [2.05, 4.69) is 0 Å². The predicted octanol–water partition coefficient (Wildman–Crippen LogP) is 1.82. The molecule has 0 spiro atoms. The molecule has 1 aliphatic heterocycles. The van der Waals surface area contributed by atoms with Gasteiger partial charge in [-0.2, -0.15) is 0 Å². The highest BCUT2D eigenvalue weighted by molar-refractivity contribution is 6.05. The predicted molar refractivity (Wildman–Crippen MR) is 68.7 cm³/mol. The standard InChI is InChI=1S/C14H16O5/c1-16-12-5-10(6-13(7-12)17-2)14(15)4-3-11-8-18-9-19-11/h3-7,11H,8-9H2,1-2H3/b4-3+. The van der Waals surface area contributed by atoms with Gasteiger partial charge < -0.3 is 18.9 Å². The van der Waals surface area contributed by atoms with E-state index in [1.807, 2.05) is 0 Å². The fourth-order valence-corrected chi connectivity index (χ4v) is 1.70. The smallest absolute Gasteiger partial charge is 0.185 e. The first-order valence-corrected chi connectivity index (χ1v) is 5.88. The van der Waals surface area contributed by atoms with Crippen LogP contribution in [0.1, 0.15) is 10.4 Å². The van der Waals surface area contributed by atoms with Crippen LogP contribution in [-0.2, 0) is 9.47 Å². The molecule has 1 aromatic carbocycles. The van der Waals surface area contributed by atoms with Crippen LogP contribution < -0.4 is 9.47 Å². The summed E-state index contributed by atoms with van der Waals surface area (Å²) in [5.41, 5.74) is 0.506. The van der Waals surface area contributed by atoms with Crippen LogP contribution in [0.5, 0.6) is 11.5 Å². The largest absolute Gasteiger partial charge is 0.497 e. The van der Waals surface area contributed by atoms with E-state index in [9.17, 15) is 4.79 Å². The molecule has 0 radical (unpaired) electrons. The Labute approximate surface area is 111 Å². The Bertz CT molecular complexity index is 452. The Morgan fingerprint density at radius 1 is 1.26 bits per heavy atom. The van der Waals surface area contributed by atoms with Crippen LogP contribution in [0.25, 0.3) is 0 Å². The van der Waals surface area contributed by atoms with Crippen LogP contribution in [-0.4, -0.2) is 39.5 Å². The van der Waals surface area contributed by atoms with Gasteiger partial charge in [-0.15, -0.1) is 0 Å². The van der Waals surface area contributed by atoms with E-state index in [0.717, 1.165) is 0 Å². The summed E-state index contributed by atoms with van der Waals surface area (Å²) in [4.78, 5) is 12.0. The van der Waals surface area contributed by atoms with Gasteiger partial charge in [-0.3, -0.25) is 4.79 Å². The molecule has 0 aliphatic carbocycles. The Kier molecular flexibility index (Phi) is 4.54. The van der Waals surface area contributed by atoms with Gasteiger partial charge in [0.2, 0.25) is 0 Å². The summed E-state index contributed by atoms with van der Waals surface area (Å²) in [5.74, 6) is 1.03. The number of rotatable bonds is 5. The number of benzene rings is 1. The minimum absolute atomic E-state index is 0.132. The Balaban J connectivity index is 2.13. The molecule has 0 amide bonds. The number of methoxy groups -OCH3 is 2. The third-order valence-electron chi connectivity index (χ3n) is 2.75. The van der Waals surface area contributed by atoms with Gasteiger partial charge in [-0.25, -0.2) is 0 Å². The normalized spacial score (nSPS) is 18.7. The second-order valence-electron chi connectivity index (χ2n) is 4.02. The average Bonchev–Trinajstić information content (AvgIpc) is 2.97. The Morgan fingerprint density at radius 2 is 1.95 bits per heavy atom. The summed E-state index contributed by atoms with van der Waals surface area (Å²) in [7, 11) is 3.09. The van der Waals surface area contributed by atoms with Crippen molar-refractivity contribution < 1.29 is 23.7 Å². The molecule has 0 N–H and O–H groups in total. The highest BCUT2D eigenvalue weighted by atomic mass is 16.7. The first-order chi connectivity index (χ1) is 9.22. The zero-order valence-electron chi connectivity index (χ0n) is 10.9. The van der Waals surface area contributed by atoms with E-state index >= 15 is 0 Å². The maximum absolute atomic E-state index is 12.0. The topological polar surface area (TPSA) is 54.0 Å². The molecule has 1 heterocycles. The second kappa shape index (κ2) is 6.36. The van der Waals surface area contributed by atoms with Crippen LogP contribution in [0.15, 0.2) is 30.4 Å². The van der Waals surface area contributed by atoms with Crippen LogP contribution >= 0.6 is 0 Å². The lowest BCUT2D eigenvalue weighted by atomic mass is 10.1. The maximum atomic E-state index is 12.0. The van der Waals surface area contributed by atoms with Crippen molar-refractivity contribution in [2.45, 2.75) is 6.10 Å². The van der Waals surface area contributed by atoms with Gasteiger partial charge in [-0.1, -0.05) is 0 Å². The molecule has 1 saturated heterocycles. The van der Waals surface area contributed by atoms with E-state index in [1.54, 1.807) is 38.5 Å². The Hall–Kier alpha value is -1.85. The van der Waals surface area contributed by atoms with Crippen molar-refractivity contribution in [3.8, 4) is 11.5 Å². The summed E-state index contributed by atoms with van der Waals surface area (Å²) in [6, 6.07) is 5.05. The lowest BCUT2D eigenvalue weighted by molar-refractivity contribution is 0.0571. The van der Waals surface area contributed by atoms with E-state index < -0.39 is 0 Å². The zero-order valence-corrected chi connectivity index (χ0v) is 10.9. The SMILES string of the molecule is COc1cc(OC)cc(C(=O)/C=C/C2COCO2)c1. The molecule has 1 aliphatic rings. The van der Waals surface area contributed by atoms with Crippen LogP contribution in [0.4, 0.5) is 0 Å². The fourth-order valence-electron chi connectivity index (χ4n) is 1.70. The maximum Gasteiger partial charge on any atom is 0.185 e. The van der Waals surface area contributed by atoms with E-state index in [1.165, 1.54) is 6.08 Å². The summed E-state index contributed by atoms with van der Waals surface area (Å²) in [6.45, 7) is 0.751. The highest BCUT2D eigenvalue weighted by Gasteiger charge is 2.13. The molecule has 0 bridgehead atoms. The van der Waals surface area contributed by atoms with Crippen molar-refractivity contribution in [3.05, 3.63) is 35.9 Å². The first-order valence-electron chi connectivity index (χ1n) is 5.88. The minimum atomic E-state index is -0.156. The van der Waals surface area contributed by atoms with Crippen molar-refractivity contribution in [2.24, 2.45) is 0 Å². The van der Waals surface area contributed by atoms with Gasteiger partial charge >= 0.3 is 0 Å². The molecule has 1 aromatic rings. The first kappa shape index (κ1) is 13.6. The van der Waals surface area contributed by atoms with Crippen molar-refractivity contribution >= 4 is 5.78 Å². The lowest BCUT2D eigenvalue weighted by Gasteiger charge is -2.06. The minimum Gasteiger partial charge on any atom is -0.497 e. The average molecular weight is 264 g/mol. The van der Waals surface area contributed by atoms with Crippen molar-refractivity contribution in [1.82, 2.24) is 0 Å². The Morgan fingerprint density at radius 3 is 2.47 bits per heavy atom. The molecule has 2 rings (SSSR count). The van der Waals surface area contributed by atoms with Crippen molar-refractivity contribution in [1.29, 1.82) is 0 Å². The van der Waals surface area contributed by atoms with Gasteiger partial charge in [0.25, 0.3) is 0 Å².